The molecule has 0 fully saturated rings. The molecule has 4 N–H and O–H groups in total. The topological polar surface area (TPSA) is 162 Å². The number of thiazole rings is 2. The van der Waals surface area contributed by atoms with E-state index in [0.29, 0.717) is 66.9 Å². The van der Waals surface area contributed by atoms with E-state index >= 15 is 0 Å². The number of nitrogens with zero attached hydrogens (tertiary/aromatic N) is 4. The van der Waals surface area contributed by atoms with Gasteiger partial charge >= 0.3 is 0 Å². The Morgan fingerprint density at radius 2 is 1.62 bits per heavy atom. The van der Waals surface area contributed by atoms with Crippen molar-refractivity contribution in [1.82, 2.24) is 40.8 Å². The molecular weight excluding hydrogens is 637 g/mol. The number of imidazole rings is 1. The van der Waals surface area contributed by atoms with Crippen LogP contribution in [0.15, 0.2) is 47.3 Å². The summed E-state index contributed by atoms with van der Waals surface area (Å²) in [7, 11) is 0. The highest BCUT2D eigenvalue weighted by Gasteiger charge is 2.26. The van der Waals surface area contributed by atoms with Gasteiger partial charge in [0.25, 0.3) is 17.7 Å². The Kier molecular flexibility index (Phi) is 11.5. The fourth-order valence-electron chi connectivity index (χ4n) is 5.35. The number of aromatic nitrogens is 4. The second-order valence-electron chi connectivity index (χ2n) is 12.0. The van der Waals surface area contributed by atoms with E-state index in [1.165, 1.54) is 28.9 Å². The summed E-state index contributed by atoms with van der Waals surface area (Å²) >= 11 is 2.65. The highest BCUT2D eigenvalue weighted by atomic mass is 32.1. The maximum Gasteiger partial charge on any atom is 0.271 e. The van der Waals surface area contributed by atoms with Crippen LogP contribution in [0, 0.1) is 12.8 Å². The van der Waals surface area contributed by atoms with Gasteiger partial charge in [0.05, 0.1) is 18.3 Å². The van der Waals surface area contributed by atoms with Crippen molar-refractivity contribution < 1.29 is 19.2 Å². The quantitative estimate of drug-likeness (QED) is 0.240. The van der Waals surface area contributed by atoms with Gasteiger partial charge in [0.15, 0.2) is 0 Å². The summed E-state index contributed by atoms with van der Waals surface area (Å²) in [5.41, 5.74) is 1.91. The Morgan fingerprint density at radius 1 is 0.936 bits per heavy atom. The fraction of sp³-hybridized carbons (Fsp3) is 0.424. The number of carbonyl (C=O) groups is 4. The van der Waals surface area contributed by atoms with Crippen molar-refractivity contribution in [1.29, 1.82) is 0 Å². The van der Waals surface area contributed by atoms with E-state index in [0.717, 1.165) is 5.56 Å². The minimum absolute atomic E-state index is 0.151. The molecule has 4 aromatic rings. The van der Waals surface area contributed by atoms with Gasteiger partial charge < -0.3 is 25.8 Å². The molecule has 4 bridgehead atoms. The molecule has 0 aliphatic carbocycles. The number of hydrogen-bond donors (Lipinski definition) is 4. The highest BCUT2D eigenvalue weighted by Crippen LogP contribution is 2.27. The fourth-order valence-corrected chi connectivity index (χ4v) is 7.07. The van der Waals surface area contributed by atoms with Crippen LogP contribution in [0.25, 0.3) is 0 Å². The molecule has 0 radical (unpaired) electrons. The number of aromatic amines is 1. The first-order chi connectivity index (χ1) is 22.7. The Hall–Kier alpha value is -4.43. The van der Waals surface area contributed by atoms with Crippen molar-refractivity contribution in [3.05, 3.63) is 85.8 Å². The summed E-state index contributed by atoms with van der Waals surface area (Å²) in [5.74, 6) is -0.144. The van der Waals surface area contributed by atoms with E-state index in [1.807, 2.05) is 30.3 Å². The van der Waals surface area contributed by atoms with Gasteiger partial charge in [-0.3, -0.25) is 19.2 Å². The monoisotopic (exact) mass is 676 g/mol. The lowest BCUT2D eigenvalue weighted by Gasteiger charge is -2.23. The maximum absolute atomic E-state index is 13.5. The zero-order valence-electron chi connectivity index (χ0n) is 26.7. The zero-order chi connectivity index (χ0) is 33.3. The Labute approximate surface area is 281 Å². The number of rotatable bonds is 5. The van der Waals surface area contributed by atoms with E-state index < -0.39 is 6.04 Å². The molecule has 2 atom stereocenters. The molecule has 4 amide bonds. The maximum atomic E-state index is 13.5. The Morgan fingerprint density at radius 3 is 2.30 bits per heavy atom. The lowest BCUT2D eigenvalue weighted by Crippen LogP contribution is -2.36. The third-order valence-electron chi connectivity index (χ3n) is 7.68. The van der Waals surface area contributed by atoms with Crippen molar-refractivity contribution >= 4 is 46.3 Å². The number of H-pyrrole nitrogens is 1. The summed E-state index contributed by atoms with van der Waals surface area (Å²) in [5, 5.41) is 13.8. The van der Waals surface area contributed by atoms with E-state index in [-0.39, 0.29) is 53.4 Å². The number of aryl methyl sites for hydroxylation is 1. The predicted octanol–water partition coefficient (Wildman–Crippen LogP) is 4.60. The number of amides is 4. The van der Waals surface area contributed by atoms with Crippen LogP contribution in [0.1, 0.15) is 104 Å². The van der Waals surface area contributed by atoms with Gasteiger partial charge in [0.1, 0.15) is 32.9 Å². The standard InChI is InChI=1S/C33H40N8O4S2/c1-20(2)15-23-31-40-27(19-47-31)30(44)38-24(16-22-9-5-4-6-10-22)32-39-26(18-46-32)29(43)34-12-8-14-41(13-7-11-28(42)37-23)33(45)25-17-35-21(3)36-25/h4-6,9-10,17-20,23-24H,7-8,11-16H2,1-3H3,(H,34,43)(H,35,36)(H,37,42)(H,38,44)/t23-,24-/m0/s1. The summed E-state index contributed by atoms with van der Waals surface area (Å²) in [6.07, 6.45) is 3.80. The minimum atomic E-state index is -0.493. The largest absolute Gasteiger partial charge is 0.351 e. The normalized spacial score (nSPS) is 18.6. The molecule has 0 unspecified atom stereocenters. The second kappa shape index (κ2) is 15.9. The lowest BCUT2D eigenvalue weighted by atomic mass is 10.0. The van der Waals surface area contributed by atoms with E-state index in [2.05, 4.69) is 49.7 Å². The van der Waals surface area contributed by atoms with Crippen LogP contribution in [-0.4, -0.2) is 68.1 Å². The van der Waals surface area contributed by atoms with Gasteiger partial charge in [-0.05, 0) is 44.1 Å². The SMILES string of the molecule is Cc1ncc(C(=O)N2CCCNC(=O)c3csc(n3)[C@H](Cc3ccccc3)NC(=O)c3csc(n3)[C@H](CC(C)C)NC(=O)CCC2)[nH]1. The van der Waals surface area contributed by atoms with E-state index in [4.69, 9.17) is 0 Å². The highest BCUT2D eigenvalue weighted by molar-refractivity contribution is 7.10. The second-order valence-corrected chi connectivity index (χ2v) is 13.8. The van der Waals surface area contributed by atoms with Crippen LogP contribution in [0.5, 0.6) is 0 Å². The van der Waals surface area contributed by atoms with Gasteiger partial charge in [-0.2, -0.15) is 0 Å². The molecule has 1 aliphatic heterocycles. The number of hydrogen-bond acceptors (Lipinski definition) is 9. The van der Waals surface area contributed by atoms with Crippen molar-refractivity contribution in [2.24, 2.45) is 5.92 Å². The molecule has 3 aromatic heterocycles. The number of benzene rings is 1. The summed E-state index contributed by atoms with van der Waals surface area (Å²) in [4.78, 5) is 71.1. The molecule has 0 saturated carbocycles. The summed E-state index contributed by atoms with van der Waals surface area (Å²) < 4.78 is 0. The first kappa shape index (κ1) is 33.9. The molecule has 5 rings (SSSR count). The van der Waals surface area contributed by atoms with E-state index in [9.17, 15) is 19.2 Å². The lowest BCUT2D eigenvalue weighted by molar-refractivity contribution is -0.122. The van der Waals surface area contributed by atoms with Gasteiger partial charge in [-0.1, -0.05) is 44.2 Å². The van der Waals surface area contributed by atoms with Crippen LogP contribution < -0.4 is 16.0 Å². The number of nitrogens with one attached hydrogen (secondary N) is 4. The van der Waals surface area contributed by atoms with Crippen LogP contribution in [-0.2, 0) is 11.2 Å². The van der Waals surface area contributed by atoms with Gasteiger partial charge in [0.2, 0.25) is 5.91 Å². The average molecular weight is 677 g/mol. The molecule has 47 heavy (non-hydrogen) atoms. The third kappa shape index (κ3) is 9.32. The van der Waals surface area contributed by atoms with Crippen LogP contribution in [0.3, 0.4) is 0 Å². The van der Waals surface area contributed by atoms with Gasteiger partial charge in [0, 0.05) is 36.8 Å². The van der Waals surface area contributed by atoms with Crippen molar-refractivity contribution in [3.63, 3.8) is 0 Å². The molecule has 248 valence electrons. The molecule has 14 heteroatoms. The molecule has 4 heterocycles. The summed E-state index contributed by atoms with van der Waals surface area (Å²) in [6, 6.07) is 8.92. The zero-order valence-corrected chi connectivity index (χ0v) is 28.4. The first-order valence-electron chi connectivity index (χ1n) is 15.8. The predicted molar refractivity (Wildman–Crippen MR) is 180 cm³/mol. The van der Waals surface area contributed by atoms with Crippen LogP contribution in [0.4, 0.5) is 0 Å². The molecule has 0 spiro atoms. The van der Waals surface area contributed by atoms with Gasteiger partial charge in [-0.25, -0.2) is 15.0 Å². The molecular formula is C33H40N8O4S2. The number of carbonyl (C=O) groups excluding carboxylic acids is 4. The molecule has 12 nitrogen and oxygen atoms in total. The minimum Gasteiger partial charge on any atom is -0.351 e. The molecule has 0 saturated heterocycles. The number of fused-ring (bicyclic) bond motifs is 4. The third-order valence-corrected chi connectivity index (χ3v) is 9.60. The van der Waals surface area contributed by atoms with E-state index in [1.54, 1.807) is 22.6 Å². The van der Waals surface area contributed by atoms with Crippen LogP contribution in [0.2, 0.25) is 0 Å². The molecule has 1 aliphatic rings. The van der Waals surface area contributed by atoms with Crippen LogP contribution >= 0.6 is 22.7 Å². The van der Waals surface area contributed by atoms with Gasteiger partial charge in [-0.15, -0.1) is 22.7 Å². The average Bonchev–Trinajstić information content (AvgIpc) is 3.82. The van der Waals surface area contributed by atoms with Crippen molar-refractivity contribution in [3.8, 4) is 0 Å². The smallest absolute Gasteiger partial charge is 0.271 e. The Bertz CT molecular complexity index is 1680. The Balaban J connectivity index is 1.41. The summed E-state index contributed by atoms with van der Waals surface area (Å²) in [6.45, 7) is 6.98. The molecule has 1 aromatic carbocycles. The first-order valence-corrected chi connectivity index (χ1v) is 17.6. The van der Waals surface area contributed by atoms with Crippen molar-refractivity contribution in [2.75, 3.05) is 19.6 Å². The van der Waals surface area contributed by atoms with Crippen molar-refractivity contribution in [2.45, 2.75) is 65.0 Å².